The molecule has 0 spiro atoms. The van der Waals surface area contributed by atoms with Crippen molar-refractivity contribution in [1.29, 1.82) is 0 Å². The molecule has 3 rings (SSSR count). The Hall–Kier alpha value is -1.67. The summed E-state index contributed by atoms with van der Waals surface area (Å²) in [5.41, 5.74) is 2.46. The van der Waals surface area contributed by atoms with Gasteiger partial charge in [-0.3, -0.25) is 14.4 Å². The van der Waals surface area contributed by atoms with E-state index in [-0.39, 0.29) is 24.4 Å². The van der Waals surface area contributed by atoms with E-state index >= 15 is 0 Å². The molecule has 9 heteroatoms. The molecular formula is C19H25Cl2N5OS. The Balaban J connectivity index is 0.00000280. The van der Waals surface area contributed by atoms with Crippen LogP contribution >= 0.6 is 35.3 Å². The molecule has 1 aromatic carbocycles. The molecule has 1 amide bonds. The molecule has 0 fully saturated rings. The quantitative estimate of drug-likeness (QED) is 0.557. The molecule has 0 saturated carbocycles. The summed E-state index contributed by atoms with van der Waals surface area (Å²) >= 11 is 7.82. The van der Waals surface area contributed by atoms with Gasteiger partial charge in [0.25, 0.3) is 5.91 Å². The Bertz CT molecular complexity index is 928. The number of aryl methyl sites for hydroxylation is 1. The Labute approximate surface area is 180 Å². The van der Waals surface area contributed by atoms with Gasteiger partial charge in [-0.1, -0.05) is 29.0 Å². The fraction of sp³-hybridized carbons (Fsp3) is 0.421. The van der Waals surface area contributed by atoms with E-state index in [2.05, 4.69) is 5.10 Å². The first-order valence-corrected chi connectivity index (χ1v) is 10.0. The van der Waals surface area contributed by atoms with Gasteiger partial charge in [0.15, 0.2) is 5.13 Å². The number of hydrogen-bond acceptors (Lipinski definition) is 5. The molecular weight excluding hydrogens is 417 g/mol. The molecule has 0 unspecified atom stereocenters. The second-order valence-corrected chi connectivity index (χ2v) is 8.44. The van der Waals surface area contributed by atoms with E-state index in [1.54, 1.807) is 21.8 Å². The first-order chi connectivity index (χ1) is 12.8. The van der Waals surface area contributed by atoms with Crippen LogP contribution in [0.15, 0.2) is 24.4 Å². The maximum Gasteiger partial charge on any atom is 0.278 e. The molecule has 0 bridgehead atoms. The molecule has 2 heterocycles. The summed E-state index contributed by atoms with van der Waals surface area (Å²) in [6, 6.07) is 5.69. The lowest BCUT2D eigenvalue weighted by Gasteiger charge is -2.22. The average molecular weight is 442 g/mol. The highest BCUT2D eigenvalue weighted by atomic mass is 35.5. The third-order valence-corrected chi connectivity index (χ3v) is 5.85. The number of amides is 1. The van der Waals surface area contributed by atoms with E-state index in [1.807, 2.05) is 51.9 Å². The van der Waals surface area contributed by atoms with Crippen molar-refractivity contribution in [3.63, 3.8) is 0 Å². The van der Waals surface area contributed by atoms with Gasteiger partial charge >= 0.3 is 0 Å². The Morgan fingerprint density at radius 2 is 1.96 bits per heavy atom. The van der Waals surface area contributed by atoms with Crippen molar-refractivity contribution >= 4 is 56.6 Å². The van der Waals surface area contributed by atoms with Crippen molar-refractivity contribution in [2.24, 2.45) is 0 Å². The van der Waals surface area contributed by atoms with Crippen molar-refractivity contribution in [2.45, 2.75) is 26.8 Å². The predicted molar refractivity (Wildman–Crippen MR) is 119 cm³/mol. The van der Waals surface area contributed by atoms with Crippen LogP contribution in [0.1, 0.15) is 35.9 Å². The largest absolute Gasteiger partial charge is 0.308 e. The highest BCUT2D eigenvalue weighted by molar-refractivity contribution is 7.23. The van der Waals surface area contributed by atoms with Crippen molar-refractivity contribution in [3.8, 4) is 0 Å². The zero-order chi connectivity index (χ0) is 19.7. The van der Waals surface area contributed by atoms with E-state index in [4.69, 9.17) is 16.6 Å². The molecule has 0 aliphatic carbocycles. The van der Waals surface area contributed by atoms with E-state index in [9.17, 15) is 4.79 Å². The van der Waals surface area contributed by atoms with Crippen molar-refractivity contribution in [1.82, 2.24) is 19.7 Å². The van der Waals surface area contributed by atoms with Crippen LogP contribution < -0.4 is 4.90 Å². The topological polar surface area (TPSA) is 54.3 Å². The van der Waals surface area contributed by atoms with Crippen molar-refractivity contribution < 1.29 is 4.79 Å². The summed E-state index contributed by atoms with van der Waals surface area (Å²) < 4.78 is 2.66. The van der Waals surface area contributed by atoms with Crippen LogP contribution in [0.5, 0.6) is 0 Å². The van der Waals surface area contributed by atoms with E-state index in [1.165, 1.54) is 11.3 Å². The van der Waals surface area contributed by atoms with Gasteiger partial charge in [-0.05, 0) is 52.6 Å². The maximum absolute atomic E-state index is 13.4. The second-order valence-electron chi connectivity index (χ2n) is 7.05. The van der Waals surface area contributed by atoms with Gasteiger partial charge in [-0.15, -0.1) is 12.4 Å². The third kappa shape index (κ3) is 4.49. The van der Waals surface area contributed by atoms with Crippen molar-refractivity contribution in [3.05, 3.63) is 40.7 Å². The molecule has 3 aromatic rings. The van der Waals surface area contributed by atoms with E-state index < -0.39 is 0 Å². The third-order valence-electron chi connectivity index (χ3n) is 4.31. The zero-order valence-electron chi connectivity index (χ0n) is 16.6. The number of nitrogens with zero attached hydrogens (tertiary/aromatic N) is 5. The minimum Gasteiger partial charge on any atom is -0.308 e. The highest BCUT2D eigenvalue weighted by Crippen LogP contribution is 2.36. The number of hydrogen-bond donors (Lipinski definition) is 0. The smallest absolute Gasteiger partial charge is 0.278 e. The number of benzene rings is 1. The summed E-state index contributed by atoms with van der Waals surface area (Å²) in [6.07, 6.45) is 1.66. The van der Waals surface area contributed by atoms with Gasteiger partial charge in [-0.2, -0.15) is 5.10 Å². The molecule has 152 valence electrons. The summed E-state index contributed by atoms with van der Waals surface area (Å²) in [6.45, 7) is 7.28. The lowest BCUT2D eigenvalue weighted by Crippen LogP contribution is -2.38. The number of likely N-dealkylation sites (N-methyl/N-ethyl adjacent to an activating group) is 1. The van der Waals surface area contributed by atoms with Crippen LogP contribution in [-0.2, 0) is 0 Å². The van der Waals surface area contributed by atoms with Crippen LogP contribution in [0.2, 0.25) is 5.02 Å². The standard InChI is InChI=1S/C19H24ClN5OS.ClH/c1-12(2)25-15(8-9-21-25)18(26)24(11-10-23(4)5)19-22-16-13(3)6-7-14(20)17(16)27-19;/h6-9,12H,10-11H2,1-5H3;1H. The molecule has 0 aliphatic heterocycles. The fourth-order valence-electron chi connectivity index (χ4n) is 2.82. The fourth-order valence-corrected chi connectivity index (χ4v) is 4.16. The normalized spacial score (nSPS) is 11.3. The lowest BCUT2D eigenvalue weighted by molar-refractivity contribution is 0.0973. The monoisotopic (exact) mass is 441 g/mol. The highest BCUT2D eigenvalue weighted by Gasteiger charge is 2.25. The second kappa shape index (κ2) is 9.22. The number of carbonyl (C=O) groups is 1. The Kier molecular flexibility index (Phi) is 7.45. The molecule has 6 nitrogen and oxygen atoms in total. The summed E-state index contributed by atoms with van der Waals surface area (Å²) in [4.78, 5) is 21.9. The molecule has 2 aromatic heterocycles. The number of fused-ring (bicyclic) bond motifs is 1. The zero-order valence-corrected chi connectivity index (χ0v) is 19.0. The van der Waals surface area contributed by atoms with Gasteiger partial charge < -0.3 is 4.90 Å². The molecule has 0 aliphatic rings. The van der Waals surface area contributed by atoms with Gasteiger partial charge in [0.2, 0.25) is 0 Å². The van der Waals surface area contributed by atoms with E-state index in [0.717, 1.165) is 22.3 Å². The number of anilines is 1. The number of halogens is 2. The number of rotatable bonds is 6. The minimum atomic E-state index is -0.101. The summed E-state index contributed by atoms with van der Waals surface area (Å²) in [5.74, 6) is -0.101. The Morgan fingerprint density at radius 1 is 1.25 bits per heavy atom. The SMILES string of the molecule is Cc1ccc(Cl)c2sc(N(CCN(C)C)C(=O)c3ccnn3C(C)C)nc12.Cl. The van der Waals surface area contributed by atoms with Gasteiger partial charge in [0, 0.05) is 25.3 Å². The predicted octanol–water partition coefficient (Wildman–Crippen LogP) is 4.67. The molecule has 0 radical (unpaired) electrons. The first kappa shape index (κ1) is 22.6. The summed E-state index contributed by atoms with van der Waals surface area (Å²) in [5, 5.41) is 5.62. The molecule has 0 saturated heterocycles. The molecule has 28 heavy (non-hydrogen) atoms. The number of thiazole rings is 1. The first-order valence-electron chi connectivity index (χ1n) is 8.85. The average Bonchev–Trinajstić information content (AvgIpc) is 3.25. The van der Waals surface area contributed by atoms with Crippen molar-refractivity contribution in [2.75, 3.05) is 32.1 Å². The van der Waals surface area contributed by atoms with Crippen LogP contribution in [0.25, 0.3) is 10.2 Å². The molecule has 0 N–H and O–H groups in total. The number of aromatic nitrogens is 3. The van der Waals surface area contributed by atoms with Gasteiger partial charge in [0.05, 0.1) is 15.2 Å². The summed E-state index contributed by atoms with van der Waals surface area (Å²) in [7, 11) is 3.97. The van der Waals surface area contributed by atoms with Crippen LogP contribution in [0.3, 0.4) is 0 Å². The van der Waals surface area contributed by atoms with Gasteiger partial charge in [-0.25, -0.2) is 4.98 Å². The van der Waals surface area contributed by atoms with Gasteiger partial charge in [0.1, 0.15) is 5.69 Å². The van der Waals surface area contributed by atoms with Crippen LogP contribution in [-0.4, -0.2) is 52.8 Å². The van der Waals surface area contributed by atoms with Crippen LogP contribution in [0.4, 0.5) is 5.13 Å². The number of carbonyl (C=O) groups excluding carboxylic acids is 1. The van der Waals surface area contributed by atoms with E-state index in [0.29, 0.717) is 22.4 Å². The Morgan fingerprint density at radius 3 is 2.57 bits per heavy atom. The maximum atomic E-state index is 13.4. The minimum absolute atomic E-state index is 0. The molecule has 0 atom stereocenters. The lowest BCUT2D eigenvalue weighted by atomic mass is 10.2. The van der Waals surface area contributed by atoms with Crippen LogP contribution in [0, 0.1) is 6.92 Å².